The van der Waals surface area contributed by atoms with Crippen LogP contribution in [0.25, 0.3) is 6.08 Å². The molecule has 2 aromatic carbocycles. The van der Waals surface area contributed by atoms with Crippen LogP contribution in [0.3, 0.4) is 0 Å². The molecular weight excluding hydrogens is 410 g/mol. The number of benzene rings is 2. The van der Waals surface area contributed by atoms with Crippen molar-refractivity contribution >= 4 is 41.0 Å². The highest BCUT2D eigenvalue weighted by molar-refractivity contribution is 6.32. The number of anilines is 1. The fourth-order valence-corrected chi connectivity index (χ4v) is 2.79. The van der Waals surface area contributed by atoms with Crippen molar-refractivity contribution in [2.24, 2.45) is 0 Å². The van der Waals surface area contributed by atoms with Gasteiger partial charge in [-0.05, 0) is 61.9 Å². The van der Waals surface area contributed by atoms with Crippen molar-refractivity contribution in [3.8, 4) is 11.5 Å². The normalized spacial score (nSPS) is 11.6. The van der Waals surface area contributed by atoms with Gasteiger partial charge in [0.25, 0.3) is 5.91 Å². The van der Waals surface area contributed by atoms with Crippen LogP contribution in [0.5, 0.6) is 11.5 Å². The van der Waals surface area contributed by atoms with Crippen LogP contribution in [-0.4, -0.2) is 38.0 Å². The lowest BCUT2D eigenvalue weighted by atomic mass is 10.1. The Hall–Kier alpha value is -3.32. The molecule has 1 atom stereocenters. The second-order valence-electron chi connectivity index (χ2n) is 6.27. The average Bonchev–Trinajstić information content (AvgIpc) is 2.72. The average molecular weight is 432 g/mol. The molecule has 0 radical (unpaired) electrons. The van der Waals surface area contributed by atoms with E-state index < -0.39 is 18.0 Å². The number of amides is 1. The maximum Gasteiger partial charge on any atom is 0.331 e. The maximum absolute atomic E-state index is 12.2. The zero-order valence-electron chi connectivity index (χ0n) is 17.0. The first-order valence-electron chi connectivity index (χ1n) is 8.97. The van der Waals surface area contributed by atoms with Gasteiger partial charge in [0, 0.05) is 17.3 Å². The molecule has 0 aliphatic heterocycles. The highest BCUT2D eigenvalue weighted by Crippen LogP contribution is 2.36. The Bertz CT molecular complexity index is 968. The number of hydrogen-bond donors (Lipinski definition) is 1. The number of ether oxygens (including phenoxy) is 3. The minimum atomic E-state index is -1.02. The number of rotatable bonds is 8. The number of ketones is 1. The van der Waals surface area contributed by atoms with E-state index in [0.717, 1.165) is 0 Å². The molecule has 2 aromatic rings. The molecule has 8 heteroatoms. The highest BCUT2D eigenvalue weighted by Gasteiger charge is 2.17. The van der Waals surface area contributed by atoms with Gasteiger partial charge in [0.1, 0.15) is 0 Å². The van der Waals surface area contributed by atoms with Crippen molar-refractivity contribution in [3.63, 3.8) is 0 Å². The Morgan fingerprint density at radius 3 is 2.30 bits per heavy atom. The van der Waals surface area contributed by atoms with Gasteiger partial charge in [-0.3, -0.25) is 9.59 Å². The molecule has 0 heterocycles. The van der Waals surface area contributed by atoms with E-state index >= 15 is 0 Å². The van der Waals surface area contributed by atoms with Crippen LogP contribution < -0.4 is 14.8 Å². The van der Waals surface area contributed by atoms with Gasteiger partial charge in [-0.1, -0.05) is 11.6 Å². The molecule has 0 aromatic heterocycles. The van der Waals surface area contributed by atoms with Crippen molar-refractivity contribution < 1.29 is 28.6 Å². The second kappa shape index (κ2) is 10.5. The minimum absolute atomic E-state index is 0.0715. The first-order chi connectivity index (χ1) is 14.2. The third-order valence-corrected chi connectivity index (χ3v) is 4.37. The Morgan fingerprint density at radius 2 is 1.73 bits per heavy atom. The summed E-state index contributed by atoms with van der Waals surface area (Å²) in [6, 6.07) is 9.66. The van der Waals surface area contributed by atoms with Crippen molar-refractivity contribution in [3.05, 3.63) is 58.6 Å². The highest BCUT2D eigenvalue weighted by atomic mass is 35.5. The van der Waals surface area contributed by atoms with Crippen molar-refractivity contribution in [2.75, 3.05) is 19.5 Å². The molecule has 1 N–H and O–H groups in total. The number of esters is 1. The minimum Gasteiger partial charge on any atom is -0.493 e. The number of hydrogen-bond acceptors (Lipinski definition) is 6. The number of halogens is 1. The quantitative estimate of drug-likeness (QED) is 0.383. The Balaban J connectivity index is 1.97. The lowest BCUT2D eigenvalue weighted by Crippen LogP contribution is -2.29. The van der Waals surface area contributed by atoms with Crippen LogP contribution in [-0.2, 0) is 14.3 Å². The van der Waals surface area contributed by atoms with E-state index in [0.29, 0.717) is 33.3 Å². The molecule has 0 spiro atoms. The predicted molar refractivity (Wildman–Crippen MR) is 114 cm³/mol. The maximum atomic E-state index is 12.2. The van der Waals surface area contributed by atoms with Crippen LogP contribution in [0, 0.1) is 0 Å². The predicted octanol–water partition coefficient (Wildman–Crippen LogP) is 4.14. The van der Waals surface area contributed by atoms with Crippen LogP contribution in [0.15, 0.2) is 42.5 Å². The molecule has 0 saturated heterocycles. The summed E-state index contributed by atoms with van der Waals surface area (Å²) in [6.07, 6.45) is 1.65. The van der Waals surface area contributed by atoms with Gasteiger partial charge in [-0.15, -0.1) is 0 Å². The topological polar surface area (TPSA) is 90.9 Å². The number of Topliss-reactive ketones (excluding diaryl/α,β-unsaturated/α-hetero) is 1. The van der Waals surface area contributed by atoms with E-state index in [1.54, 1.807) is 36.4 Å². The molecule has 0 bridgehead atoms. The van der Waals surface area contributed by atoms with Gasteiger partial charge >= 0.3 is 5.97 Å². The molecule has 1 unspecified atom stereocenters. The number of nitrogens with one attached hydrogen (secondary N) is 1. The molecular formula is C22H22ClNO6. The Labute approximate surface area is 179 Å². The molecule has 7 nitrogen and oxygen atoms in total. The zero-order valence-corrected chi connectivity index (χ0v) is 17.8. The first kappa shape index (κ1) is 23.0. The second-order valence-corrected chi connectivity index (χ2v) is 6.68. The summed E-state index contributed by atoms with van der Waals surface area (Å²) in [5, 5.41) is 2.95. The van der Waals surface area contributed by atoms with Gasteiger partial charge < -0.3 is 19.5 Å². The molecule has 0 saturated carbocycles. The van der Waals surface area contributed by atoms with E-state index in [1.165, 1.54) is 40.2 Å². The molecule has 30 heavy (non-hydrogen) atoms. The first-order valence-corrected chi connectivity index (χ1v) is 9.35. The fraction of sp³-hybridized carbons (Fsp3) is 0.227. The fourth-order valence-electron chi connectivity index (χ4n) is 2.50. The van der Waals surface area contributed by atoms with Crippen LogP contribution >= 0.6 is 11.6 Å². The van der Waals surface area contributed by atoms with Gasteiger partial charge in [0.2, 0.25) is 0 Å². The van der Waals surface area contributed by atoms with Crippen molar-refractivity contribution in [1.29, 1.82) is 0 Å². The zero-order chi connectivity index (χ0) is 22.3. The lowest BCUT2D eigenvalue weighted by molar-refractivity contribution is -0.148. The summed E-state index contributed by atoms with van der Waals surface area (Å²) in [6.45, 7) is 2.91. The van der Waals surface area contributed by atoms with E-state index in [9.17, 15) is 14.4 Å². The summed E-state index contributed by atoms with van der Waals surface area (Å²) >= 11 is 6.13. The molecule has 158 valence electrons. The van der Waals surface area contributed by atoms with Crippen LogP contribution in [0.1, 0.15) is 29.8 Å². The summed E-state index contributed by atoms with van der Waals surface area (Å²) in [7, 11) is 2.95. The largest absolute Gasteiger partial charge is 0.493 e. The summed E-state index contributed by atoms with van der Waals surface area (Å²) < 4.78 is 15.5. The summed E-state index contributed by atoms with van der Waals surface area (Å²) in [5.41, 5.74) is 1.62. The molecule has 0 aliphatic rings. The number of carbonyl (C=O) groups is 3. The number of carbonyl (C=O) groups excluding carboxylic acids is 3. The standard InChI is InChI=1S/C22H22ClNO6/c1-13(25)16-6-8-17(9-7-16)24-22(27)14(2)30-20(26)10-5-15-11-18(23)21(29-4)19(12-15)28-3/h5-12,14H,1-4H3,(H,24,27)/b10-5+. The van der Waals surface area contributed by atoms with E-state index in [-0.39, 0.29) is 5.78 Å². The Kier molecular flexibility index (Phi) is 8.00. The monoisotopic (exact) mass is 431 g/mol. The van der Waals surface area contributed by atoms with Gasteiger partial charge in [0.05, 0.1) is 19.2 Å². The van der Waals surface area contributed by atoms with Crippen molar-refractivity contribution in [2.45, 2.75) is 20.0 Å². The third kappa shape index (κ3) is 6.09. The van der Waals surface area contributed by atoms with Crippen molar-refractivity contribution in [1.82, 2.24) is 0 Å². The molecule has 0 aliphatic carbocycles. The molecule has 0 fully saturated rings. The van der Waals surface area contributed by atoms with Gasteiger partial charge in [-0.25, -0.2) is 4.79 Å². The van der Waals surface area contributed by atoms with E-state index in [2.05, 4.69) is 5.32 Å². The van der Waals surface area contributed by atoms with E-state index in [4.69, 9.17) is 25.8 Å². The summed E-state index contributed by atoms with van der Waals surface area (Å²) in [5.74, 6) is -0.461. The smallest absolute Gasteiger partial charge is 0.331 e. The third-order valence-electron chi connectivity index (χ3n) is 4.09. The Morgan fingerprint density at radius 1 is 1.07 bits per heavy atom. The molecule has 1 amide bonds. The molecule has 2 rings (SSSR count). The van der Waals surface area contributed by atoms with Gasteiger partial charge in [-0.2, -0.15) is 0 Å². The van der Waals surface area contributed by atoms with Crippen LogP contribution in [0.4, 0.5) is 5.69 Å². The number of methoxy groups -OCH3 is 2. The van der Waals surface area contributed by atoms with E-state index in [1.807, 2.05) is 0 Å². The van der Waals surface area contributed by atoms with Crippen LogP contribution in [0.2, 0.25) is 5.02 Å². The SMILES string of the molecule is COc1cc(/C=C/C(=O)OC(C)C(=O)Nc2ccc(C(C)=O)cc2)cc(Cl)c1OC. The lowest BCUT2D eigenvalue weighted by Gasteiger charge is -2.13. The summed E-state index contributed by atoms with van der Waals surface area (Å²) in [4.78, 5) is 35.5. The van der Waals surface area contributed by atoms with Gasteiger partial charge in [0.15, 0.2) is 23.4 Å².